The first-order valence-corrected chi connectivity index (χ1v) is 20.8. The van der Waals surface area contributed by atoms with Crippen molar-refractivity contribution in [3.63, 3.8) is 0 Å². The molecule has 5 nitrogen and oxygen atoms in total. The standard InChI is InChI=1S/C49H33N5Si/c1-3-17-35(18-4-1)55(36-19-5-2-6-20-36,48-46-34(30-31-50-48)32-33-16-7-8-21-37(33)46)54-43-27-14-13-26-42(43)53-45-29-15-28-44(47(45)51-49(53)54)52-40-24-11-9-22-38(40)39-23-10-12-25-41(39)52/h1-31H,32H2. The lowest BCUT2D eigenvalue weighted by Gasteiger charge is -2.35. The van der Waals surface area contributed by atoms with E-state index in [1.165, 1.54) is 54.4 Å². The van der Waals surface area contributed by atoms with Gasteiger partial charge in [0.1, 0.15) is 5.52 Å². The Kier molecular flexibility index (Phi) is 6.36. The van der Waals surface area contributed by atoms with Gasteiger partial charge in [-0.25, -0.2) is 4.98 Å². The van der Waals surface area contributed by atoms with Crippen molar-refractivity contribution in [1.29, 1.82) is 0 Å². The summed E-state index contributed by atoms with van der Waals surface area (Å²) in [6.45, 7) is 0. The molecule has 0 N–H and O–H groups in total. The highest BCUT2D eigenvalue weighted by atomic mass is 28.3. The van der Waals surface area contributed by atoms with Crippen LogP contribution in [0.1, 0.15) is 11.1 Å². The second kappa shape index (κ2) is 11.5. The number of aromatic nitrogens is 5. The van der Waals surface area contributed by atoms with E-state index in [1.54, 1.807) is 0 Å². The molecule has 0 amide bonds. The Morgan fingerprint density at radius 2 is 1.05 bits per heavy atom. The summed E-state index contributed by atoms with van der Waals surface area (Å²) in [4.78, 5) is 11.3. The zero-order valence-corrected chi connectivity index (χ0v) is 30.8. The van der Waals surface area contributed by atoms with Crippen molar-refractivity contribution in [1.82, 2.24) is 23.2 Å². The number of nitrogens with zero attached hydrogens (tertiary/aromatic N) is 5. The summed E-state index contributed by atoms with van der Waals surface area (Å²) in [5, 5.41) is 6.11. The molecule has 55 heavy (non-hydrogen) atoms. The first-order valence-electron chi connectivity index (χ1n) is 18.9. The quantitative estimate of drug-likeness (QED) is 0.167. The highest BCUT2D eigenvalue weighted by molar-refractivity contribution is 7.11. The smallest absolute Gasteiger partial charge is 0.280 e. The highest BCUT2D eigenvalue weighted by Crippen LogP contribution is 2.39. The lowest BCUT2D eigenvalue weighted by atomic mass is 10.1. The van der Waals surface area contributed by atoms with Crippen molar-refractivity contribution >= 4 is 73.6 Å². The van der Waals surface area contributed by atoms with Gasteiger partial charge in [-0.05, 0) is 75.9 Å². The third kappa shape index (κ3) is 4.06. The third-order valence-electron chi connectivity index (χ3n) is 11.8. The lowest BCUT2D eigenvalue weighted by Crippen LogP contribution is -2.73. The number of imidazole rings is 2. The molecule has 1 aliphatic carbocycles. The van der Waals surface area contributed by atoms with Gasteiger partial charge in [-0.2, -0.15) is 0 Å². The largest absolute Gasteiger partial charge is 0.323 e. The number of hydrogen-bond donors (Lipinski definition) is 0. The molecule has 0 spiro atoms. The summed E-state index contributed by atoms with van der Waals surface area (Å²) in [5.41, 5.74) is 12.9. The topological polar surface area (TPSA) is 40.0 Å². The monoisotopic (exact) mass is 719 g/mol. The van der Waals surface area contributed by atoms with Crippen LogP contribution in [0.15, 0.2) is 188 Å². The molecule has 0 fully saturated rings. The Morgan fingerprint density at radius 1 is 0.473 bits per heavy atom. The fourth-order valence-electron chi connectivity index (χ4n) is 9.61. The summed E-state index contributed by atoms with van der Waals surface area (Å²) >= 11 is 0. The molecule has 4 aromatic heterocycles. The van der Waals surface area contributed by atoms with Crippen molar-refractivity contribution < 1.29 is 0 Å². The second-order valence-electron chi connectivity index (χ2n) is 14.6. The molecular weight excluding hydrogens is 687 g/mol. The Balaban J connectivity index is 1.28. The molecular formula is C49H33N5Si. The zero-order valence-electron chi connectivity index (χ0n) is 29.8. The van der Waals surface area contributed by atoms with Crippen LogP contribution in [0.3, 0.4) is 0 Å². The van der Waals surface area contributed by atoms with Crippen molar-refractivity contribution in [2.75, 3.05) is 0 Å². The summed E-state index contributed by atoms with van der Waals surface area (Å²) in [6, 6.07) is 66.2. The predicted molar refractivity (Wildman–Crippen MR) is 228 cm³/mol. The van der Waals surface area contributed by atoms with E-state index >= 15 is 0 Å². The summed E-state index contributed by atoms with van der Waals surface area (Å²) in [5.74, 6) is 0.912. The van der Waals surface area contributed by atoms with Gasteiger partial charge in [0.2, 0.25) is 5.78 Å². The van der Waals surface area contributed by atoms with E-state index in [-0.39, 0.29) is 0 Å². The summed E-state index contributed by atoms with van der Waals surface area (Å²) in [7, 11) is -3.32. The second-order valence-corrected chi connectivity index (χ2v) is 18.1. The van der Waals surface area contributed by atoms with Crippen LogP contribution in [0.5, 0.6) is 0 Å². The molecule has 1 aliphatic rings. The van der Waals surface area contributed by atoms with Crippen LogP contribution in [0.2, 0.25) is 0 Å². The number of rotatable bonds is 5. The Bertz CT molecular complexity index is 3210. The fraction of sp³-hybridized carbons (Fsp3) is 0.0204. The van der Waals surface area contributed by atoms with Crippen LogP contribution < -0.4 is 15.7 Å². The molecule has 12 rings (SSSR count). The van der Waals surface area contributed by atoms with Gasteiger partial charge in [-0.15, -0.1) is 0 Å². The first kappa shape index (κ1) is 30.4. The molecule has 6 heteroatoms. The number of hydrogen-bond acceptors (Lipinski definition) is 2. The molecule has 0 unspecified atom stereocenters. The number of pyridine rings is 1. The average Bonchev–Trinajstić information content (AvgIpc) is 4.00. The van der Waals surface area contributed by atoms with Gasteiger partial charge >= 0.3 is 0 Å². The minimum absolute atomic E-state index is 0.895. The molecule has 0 radical (unpaired) electrons. The SMILES string of the molecule is c1ccc([Si](c2ccccc2)(c2nccc3c2-c2ccccc2C3)n2c3ccccc3n3c4cccc(-n5c6ccccc6c6ccccc65)c4nc23)cc1. The van der Waals surface area contributed by atoms with Gasteiger partial charge in [0.25, 0.3) is 8.24 Å². The third-order valence-corrected chi connectivity index (χ3v) is 16.3. The number of fused-ring (bicyclic) bond motifs is 11. The van der Waals surface area contributed by atoms with Gasteiger partial charge in [0.05, 0.1) is 38.6 Å². The van der Waals surface area contributed by atoms with Gasteiger partial charge < -0.3 is 8.80 Å². The highest BCUT2D eigenvalue weighted by Gasteiger charge is 2.49. The van der Waals surface area contributed by atoms with Crippen molar-refractivity contribution in [3.8, 4) is 16.8 Å². The molecule has 0 atom stereocenters. The van der Waals surface area contributed by atoms with E-state index < -0.39 is 8.24 Å². The first-order chi connectivity index (χ1) is 27.3. The summed E-state index contributed by atoms with van der Waals surface area (Å²) in [6.07, 6.45) is 2.94. The molecule has 0 aliphatic heterocycles. The maximum Gasteiger partial charge on any atom is 0.280 e. The van der Waals surface area contributed by atoms with Gasteiger partial charge in [0.15, 0.2) is 0 Å². The molecule has 7 aromatic carbocycles. The van der Waals surface area contributed by atoms with Gasteiger partial charge in [0, 0.05) is 22.5 Å². The predicted octanol–water partition coefficient (Wildman–Crippen LogP) is 9.02. The summed E-state index contributed by atoms with van der Waals surface area (Å²) < 4.78 is 7.41. The van der Waals surface area contributed by atoms with Crippen molar-refractivity contribution in [2.45, 2.75) is 6.42 Å². The minimum atomic E-state index is -3.32. The van der Waals surface area contributed by atoms with E-state index in [2.05, 4.69) is 195 Å². The van der Waals surface area contributed by atoms with Crippen LogP contribution in [0.4, 0.5) is 0 Å². The molecule has 0 bridgehead atoms. The Labute approximate surface area is 318 Å². The van der Waals surface area contributed by atoms with Crippen LogP contribution in [0.25, 0.3) is 66.5 Å². The van der Waals surface area contributed by atoms with Crippen LogP contribution in [-0.2, 0) is 6.42 Å². The van der Waals surface area contributed by atoms with Crippen molar-refractivity contribution in [3.05, 3.63) is 199 Å². The Hall–Kier alpha value is -7.02. The minimum Gasteiger partial charge on any atom is -0.323 e. The molecule has 0 saturated carbocycles. The van der Waals surface area contributed by atoms with E-state index in [9.17, 15) is 0 Å². The van der Waals surface area contributed by atoms with E-state index in [4.69, 9.17) is 9.97 Å². The van der Waals surface area contributed by atoms with Gasteiger partial charge in [-0.1, -0.05) is 140 Å². The maximum absolute atomic E-state index is 5.81. The van der Waals surface area contributed by atoms with E-state index in [0.717, 1.165) is 45.3 Å². The van der Waals surface area contributed by atoms with Crippen molar-refractivity contribution in [2.24, 2.45) is 0 Å². The van der Waals surface area contributed by atoms with E-state index in [1.807, 2.05) is 6.20 Å². The van der Waals surface area contributed by atoms with E-state index in [0.29, 0.717) is 0 Å². The Morgan fingerprint density at radius 3 is 1.76 bits per heavy atom. The van der Waals surface area contributed by atoms with Gasteiger partial charge in [-0.3, -0.25) is 9.38 Å². The van der Waals surface area contributed by atoms with Crippen LogP contribution in [-0.4, -0.2) is 31.4 Å². The normalized spacial score (nSPS) is 12.7. The average molecular weight is 720 g/mol. The number of benzene rings is 7. The molecule has 11 aromatic rings. The lowest BCUT2D eigenvalue weighted by molar-refractivity contribution is 1.17. The molecule has 4 heterocycles. The van der Waals surface area contributed by atoms with Crippen LogP contribution in [0, 0.1) is 0 Å². The molecule has 258 valence electrons. The zero-order chi connectivity index (χ0) is 36.1. The molecule has 0 saturated heterocycles. The maximum atomic E-state index is 5.81. The van der Waals surface area contributed by atoms with Crippen LogP contribution >= 0.6 is 0 Å². The fourth-order valence-corrected chi connectivity index (χ4v) is 14.5. The number of para-hydroxylation sites is 5.